The zero-order chi connectivity index (χ0) is 50.0. The van der Waals surface area contributed by atoms with Crippen LogP contribution in [-0.2, 0) is 14.3 Å². The van der Waals surface area contributed by atoms with Crippen molar-refractivity contribution >= 4 is 11.9 Å². The van der Waals surface area contributed by atoms with Gasteiger partial charge in [0.1, 0.15) is 0 Å². The van der Waals surface area contributed by atoms with Gasteiger partial charge < -0.3 is 20.3 Å². The van der Waals surface area contributed by atoms with Gasteiger partial charge in [0.2, 0.25) is 5.91 Å². The van der Waals surface area contributed by atoms with Gasteiger partial charge in [-0.05, 0) is 57.8 Å². The molecule has 0 aromatic rings. The lowest BCUT2D eigenvalue weighted by molar-refractivity contribution is -0.143. The van der Waals surface area contributed by atoms with E-state index in [4.69, 9.17) is 4.74 Å². The van der Waals surface area contributed by atoms with Crippen molar-refractivity contribution in [1.29, 1.82) is 0 Å². The lowest BCUT2D eigenvalue weighted by atomic mass is 10.0. The van der Waals surface area contributed by atoms with Crippen LogP contribution in [0.15, 0.2) is 24.3 Å². The van der Waals surface area contributed by atoms with Crippen LogP contribution in [0.25, 0.3) is 0 Å². The van der Waals surface area contributed by atoms with Gasteiger partial charge in [-0.25, -0.2) is 0 Å². The monoisotopic (exact) mass is 972 g/mol. The minimum Gasteiger partial charge on any atom is -0.466 e. The maximum Gasteiger partial charge on any atom is 0.305 e. The number of rotatable bonds is 58. The van der Waals surface area contributed by atoms with E-state index in [-0.39, 0.29) is 18.5 Å². The predicted octanol–water partition coefficient (Wildman–Crippen LogP) is 19.4. The lowest BCUT2D eigenvalue weighted by Crippen LogP contribution is -2.45. The summed E-state index contributed by atoms with van der Waals surface area (Å²) in [6.07, 6.45) is 71.8. The third-order valence-corrected chi connectivity index (χ3v) is 14.5. The number of hydrogen-bond donors (Lipinski definition) is 3. The zero-order valence-electron chi connectivity index (χ0n) is 46.6. The molecule has 0 bridgehead atoms. The zero-order valence-corrected chi connectivity index (χ0v) is 46.6. The molecule has 6 nitrogen and oxygen atoms in total. The van der Waals surface area contributed by atoms with Crippen LogP contribution >= 0.6 is 0 Å². The maximum atomic E-state index is 12.5. The number of ether oxygens (including phenoxy) is 1. The molecule has 0 heterocycles. The van der Waals surface area contributed by atoms with Crippen LogP contribution in [-0.4, -0.2) is 47.4 Å². The van der Waals surface area contributed by atoms with Crippen molar-refractivity contribution in [2.24, 2.45) is 0 Å². The molecule has 0 saturated heterocycles. The first-order chi connectivity index (χ1) is 34.0. The van der Waals surface area contributed by atoms with Crippen LogP contribution < -0.4 is 5.32 Å². The van der Waals surface area contributed by atoms with E-state index >= 15 is 0 Å². The summed E-state index contributed by atoms with van der Waals surface area (Å²) in [4.78, 5) is 24.5. The van der Waals surface area contributed by atoms with Crippen LogP contribution in [0, 0.1) is 0 Å². The van der Waals surface area contributed by atoms with E-state index in [2.05, 4.69) is 43.5 Å². The standard InChI is InChI=1S/C63H121NO5/c1-3-5-7-9-11-13-15-17-28-33-37-41-45-49-53-57-63(68)69-58-54-50-46-42-38-34-30-27-25-23-21-19-20-22-24-26-29-32-36-40-44-48-52-56-62(67)64-60(59-65)61(66)55-51-47-43-39-35-31-18-16-14-12-10-8-6-4-2/h19,21-22,24,60-61,65-66H,3-18,20,23,25-59H2,1-2H3,(H,64,67)/b21-19-,24-22-. The summed E-state index contributed by atoms with van der Waals surface area (Å²) in [6, 6.07) is -0.548. The molecule has 2 unspecified atom stereocenters. The predicted molar refractivity (Wildman–Crippen MR) is 301 cm³/mol. The Balaban J connectivity index is 3.43. The molecule has 0 aromatic carbocycles. The molecule has 0 aliphatic rings. The SMILES string of the molecule is CCCCCCCCCCCCCCCCCC(=O)OCCCCCCCCCCC/C=C\C/C=C\CCCCCCCCCC(=O)NC(CO)C(O)CCCCCCCCCCCCCCCC. The first kappa shape index (κ1) is 67.3. The minimum absolute atomic E-state index is 0.0103. The van der Waals surface area contributed by atoms with Crippen molar-refractivity contribution < 1.29 is 24.5 Å². The molecule has 0 aromatic heterocycles. The van der Waals surface area contributed by atoms with Gasteiger partial charge in [-0.3, -0.25) is 9.59 Å². The first-order valence-electron chi connectivity index (χ1n) is 31.1. The summed E-state index contributed by atoms with van der Waals surface area (Å²) in [5.74, 6) is -0.0337. The van der Waals surface area contributed by atoms with Crippen molar-refractivity contribution in [3.8, 4) is 0 Å². The van der Waals surface area contributed by atoms with Gasteiger partial charge >= 0.3 is 5.97 Å². The van der Waals surface area contributed by atoms with E-state index in [9.17, 15) is 19.8 Å². The maximum absolute atomic E-state index is 12.5. The third-order valence-electron chi connectivity index (χ3n) is 14.5. The fourth-order valence-electron chi connectivity index (χ4n) is 9.73. The Labute approximate surface area is 431 Å². The van der Waals surface area contributed by atoms with E-state index in [1.165, 1.54) is 263 Å². The Morgan fingerprint density at radius 2 is 0.725 bits per heavy atom. The van der Waals surface area contributed by atoms with E-state index in [1.807, 2.05) is 0 Å². The smallest absolute Gasteiger partial charge is 0.305 e. The molecule has 0 saturated carbocycles. The molecule has 0 rings (SSSR count). The molecule has 69 heavy (non-hydrogen) atoms. The summed E-state index contributed by atoms with van der Waals surface area (Å²) in [7, 11) is 0. The van der Waals surface area contributed by atoms with E-state index in [0.717, 1.165) is 44.9 Å². The molecule has 0 fully saturated rings. The van der Waals surface area contributed by atoms with Gasteiger partial charge in [-0.1, -0.05) is 295 Å². The van der Waals surface area contributed by atoms with Crippen LogP contribution in [0.5, 0.6) is 0 Å². The van der Waals surface area contributed by atoms with Gasteiger partial charge in [-0.2, -0.15) is 0 Å². The summed E-state index contributed by atoms with van der Waals surface area (Å²) >= 11 is 0. The Morgan fingerprint density at radius 3 is 1.10 bits per heavy atom. The van der Waals surface area contributed by atoms with Crippen molar-refractivity contribution in [3.63, 3.8) is 0 Å². The van der Waals surface area contributed by atoms with Crippen LogP contribution in [0.3, 0.4) is 0 Å². The van der Waals surface area contributed by atoms with E-state index in [0.29, 0.717) is 25.9 Å². The Morgan fingerprint density at radius 1 is 0.406 bits per heavy atom. The molecule has 3 N–H and O–H groups in total. The third kappa shape index (κ3) is 55.5. The van der Waals surface area contributed by atoms with Crippen LogP contribution in [0.1, 0.15) is 341 Å². The normalized spacial score (nSPS) is 12.7. The number of hydrogen-bond acceptors (Lipinski definition) is 5. The molecule has 0 aliphatic heterocycles. The number of nitrogens with one attached hydrogen (secondary N) is 1. The summed E-state index contributed by atoms with van der Waals surface area (Å²) in [6.45, 7) is 4.96. The Kier molecular flexibility index (Phi) is 57.5. The average Bonchev–Trinajstić information content (AvgIpc) is 3.35. The second-order valence-electron chi connectivity index (χ2n) is 21.4. The molecule has 1 amide bonds. The number of allylic oxidation sites excluding steroid dienone is 4. The lowest BCUT2D eigenvalue weighted by Gasteiger charge is -2.22. The highest BCUT2D eigenvalue weighted by molar-refractivity contribution is 5.76. The number of amides is 1. The topological polar surface area (TPSA) is 95.9 Å². The van der Waals surface area contributed by atoms with Gasteiger partial charge in [-0.15, -0.1) is 0 Å². The van der Waals surface area contributed by atoms with Crippen LogP contribution in [0.2, 0.25) is 0 Å². The number of aliphatic hydroxyl groups excluding tert-OH is 2. The quantitative estimate of drug-likeness (QED) is 0.0321. The number of carbonyl (C=O) groups is 2. The molecule has 408 valence electrons. The molecule has 0 radical (unpaired) electrons. The fraction of sp³-hybridized carbons (Fsp3) is 0.905. The molecule has 6 heteroatoms. The number of aliphatic hydroxyl groups is 2. The minimum atomic E-state index is -0.670. The summed E-state index contributed by atoms with van der Waals surface area (Å²) < 4.78 is 5.48. The Hall–Kier alpha value is -1.66. The molecular weight excluding hydrogens is 851 g/mol. The molecule has 2 atom stereocenters. The summed E-state index contributed by atoms with van der Waals surface area (Å²) in [5, 5.41) is 23.3. The summed E-state index contributed by atoms with van der Waals surface area (Å²) in [5.41, 5.74) is 0. The molecule has 0 spiro atoms. The first-order valence-corrected chi connectivity index (χ1v) is 31.1. The fourth-order valence-corrected chi connectivity index (χ4v) is 9.73. The molecule has 0 aliphatic carbocycles. The largest absolute Gasteiger partial charge is 0.466 e. The molecular formula is C63H121NO5. The van der Waals surface area contributed by atoms with E-state index < -0.39 is 12.1 Å². The van der Waals surface area contributed by atoms with Gasteiger partial charge in [0.05, 0.1) is 25.4 Å². The van der Waals surface area contributed by atoms with Crippen molar-refractivity contribution in [2.75, 3.05) is 13.2 Å². The highest BCUT2D eigenvalue weighted by Gasteiger charge is 2.20. The number of unbranched alkanes of at least 4 members (excludes halogenated alkanes) is 43. The van der Waals surface area contributed by atoms with Gasteiger partial charge in [0.25, 0.3) is 0 Å². The van der Waals surface area contributed by atoms with E-state index in [1.54, 1.807) is 0 Å². The van der Waals surface area contributed by atoms with Crippen molar-refractivity contribution in [3.05, 3.63) is 24.3 Å². The highest BCUT2D eigenvalue weighted by atomic mass is 16.5. The van der Waals surface area contributed by atoms with Crippen LogP contribution in [0.4, 0.5) is 0 Å². The average molecular weight is 973 g/mol. The number of esters is 1. The second kappa shape index (κ2) is 58.9. The van der Waals surface area contributed by atoms with Crippen molar-refractivity contribution in [1.82, 2.24) is 5.32 Å². The van der Waals surface area contributed by atoms with Gasteiger partial charge in [0, 0.05) is 12.8 Å². The van der Waals surface area contributed by atoms with Crippen molar-refractivity contribution in [2.45, 2.75) is 353 Å². The van der Waals surface area contributed by atoms with Gasteiger partial charge in [0.15, 0.2) is 0 Å². The Bertz CT molecular complexity index is 1080. The number of carbonyl (C=O) groups excluding carboxylic acids is 2. The second-order valence-corrected chi connectivity index (χ2v) is 21.4. The highest BCUT2D eigenvalue weighted by Crippen LogP contribution is 2.18.